The van der Waals surface area contributed by atoms with Crippen molar-refractivity contribution in [3.8, 4) is 0 Å². The Balaban J connectivity index is 2.54. The lowest BCUT2D eigenvalue weighted by molar-refractivity contribution is 1.05. The average molecular weight is 85.1 g/mol. The molecule has 0 atom stereocenters. The fraction of sp³-hybridized carbons (Fsp3) is 0.333. The highest BCUT2D eigenvalue weighted by molar-refractivity contribution is 5.39. The van der Waals surface area contributed by atoms with Gasteiger partial charge in [0.25, 0.3) is 0 Å². The van der Waals surface area contributed by atoms with Crippen LogP contribution in [-0.4, -0.2) is 6.04 Å². The van der Waals surface area contributed by atoms with E-state index in [4.69, 9.17) is 17.2 Å². The predicted molar refractivity (Wildman–Crippen MR) is 23.4 cm³/mol. The lowest BCUT2D eigenvalue weighted by atomic mass is 10.6. The zero-order chi connectivity index (χ0) is 4.73. The Labute approximate surface area is 35.8 Å². The molecule has 0 aromatic heterocycles. The summed E-state index contributed by atoms with van der Waals surface area (Å²) in [5.74, 6) is 0. The van der Waals surface area contributed by atoms with E-state index in [1.54, 1.807) is 0 Å². The van der Waals surface area contributed by atoms with Crippen LogP contribution in [0.5, 0.6) is 0 Å². The third-order valence-electron chi connectivity index (χ3n) is 0.920. The summed E-state index contributed by atoms with van der Waals surface area (Å²) in [4.78, 5) is 0. The van der Waals surface area contributed by atoms with E-state index in [-0.39, 0.29) is 6.04 Å². The molecule has 0 saturated heterocycles. The van der Waals surface area contributed by atoms with Gasteiger partial charge in [0.15, 0.2) is 0 Å². The van der Waals surface area contributed by atoms with Crippen LogP contribution in [0.25, 0.3) is 0 Å². The molecular weight excluding hydrogens is 78.1 g/mol. The third-order valence-corrected chi connectivity index (χ3v) is 0.920. The highest BCUT2D eigenvalue weighted by Gasteiger charge is 2.26. The maximum atomic E-state index is 5.19. The molecule has 0 aromatic carbocycles. The molecule has 0 fully saturated rings. The highest BCUT2D eigenvalue weighted by atomic mass is 14.9. The Morgan fingerprint density at radius 1 is 1.17 bits per heavy atom. The summed E-state index contributed by atoms with van der Waals surface area (Å²) in [7, 11) is 0. The van der Waals surface area contributed by atoms with Crippen molar-refractivity contribution in [2.75, 3.05) is 0 Å². The second-order valence-electron chi connectivity index (χ2n) is 1.39. The van der Waals surface area contributed by atoms with Gasteiger partial charge in [-0.15, -0.1) is 0 Å². The molecule has 34 valence electrons. The van der Waals surface area contributed by atoms with E-state index in [9.17, 15) is 0 Å². The van der Waals surface area contributed by atoms with Crippen molar-refractivity contribution in [2.45, 2.75) is 6.04 Å². The summed E-state index contributed by atoms with van der Waals surface area (Å²) in [6, 6.07) is -0.0926. The molecule has 1 rings (SSSR count). The van der Waals surface area contributed by atoms with Gasteiger partial charge in [-0.25, -0.2) is 0 Å². The second-order valence-corrected chi connectivity index (χ2v) is 1.39. The molecule has 0 saturated carbocycles. The zero-order valence-corrected chi connectivity index (χ0v) is 3.31. The summed E-state index contributed by atoms with van der Waals surface area (Å²) in [6.45, 7) is 0. The van der Waals surface area contributed by atoms with E-state index in [0.717, 1.165) is 0 Å². The number of nitrogens with two attached hydrogens (primary N) is 3. The summed E-state index contributed by atoms with van der Waals surface area (Å²) >= 11 is 0. The van der Waals surface area contributed by atoms with Crippen molar-refractivity contribution in [1.29, 1.82) is 0 Å². The van der Waals surface area contributed by atoms with Crippen LogP contribution in [0.1, 0.15) is 0 Å². The van der Waals surface area contributed by atoms with E-state index in [0.29, 0.717) is 11.4 Å². The average Bonchev–Trinajstić information content (AvgIpc) is 1.94. The molecule has 6 N–H and O–H groups in total. The first-order chi connectivity index (χ1) is 2.73. The molecule has 0 amide bonds. The van der Waals surface area contributed by atoms with E-state index >= 15 is 0 Å². The van der Waals surface area contributed by atoms with Gasteiger partial charge in [0.1, 0.15) is 0 Å². The van der Waals surface area contributed by atoms with Crippen LogP contribution < -0.4 is 17.2 Å². The maximum absolute atomic E-state index is 5.19. The lowest BCUT2D eigenvalue weighted by Crippen LogP contribution is -2.10. The quantitative estimate of drug-likeness (QED) is 0.333. The SMILES string of the molecule is NC1=C(N)C1N. The van der Waals surface area contributed by atoms with E-state index in [2.05, 4.69) is 0 Å². The Hall–Kier alpha value is -0.700. The van der Waals surface area contributed by atoms with Crippen molar-refractivity contribution in [1.82, 2.24) is 0 Å². The standard InChI is InChI=1S/C3H7N3/c4-1-2(5)3(1)6/h1H,4-6H2. The minimum atomic E-state index is -0.0926. The largest absolute Gasteiger partial charge is 0.399 e. The molecule has 0 aromatic rings. The first-order valence-electron chi connectivity index (χ1n) is 1.74. The van der Waals surface area contributed by atoms with Crippen LogP contribution in [0.4, 0.5) is 0 Å². The Morgan fingerprint density at radius 2 is 1.33 bits per heavy atom. The second kappa shape index (κ2) is 0.680. The molecular formula is C3H7N3. The fourth-order valence-electron chi connectivity index (χ4n) is 0.276. The molecule has 3 nitrogen and oxygen atoms in total. The highest BCUT2D eigenvalue weighted by Crippen LogP contribution is 2.16. The summed E-state index contributed by atoms with van der Waals surface area (Å²) in [6.07, 6.45) is 0. The number of rotatable bonds is 0. The monoisotopic (exact) mass is 85.1 g/mol. The van der Waals surface area contributed by atoms with Gasteiger partial charge in [0, 0.05) is 0 Å². The summed E-state index contributed by atoms with van der Waals surface area (Å²) in [5, 5.41) is 0. The Bertz CT molecular complexity index is 92.6. The summed E-state index contributed by atoms with van der Waals surface area (Å²) in [5.41, 5.74) is 16.8. The van der Waals surface area contributed by atoms with Crippen LogP contribution in [0.15, 0.2) is 11.4 Å². The normalized spacial score (nSPS) is 22.2. The van der Waals surface area contributed by atoms with Gasteiger partial charge in [0.05, 0.1) is 17.4 Å². The molecule has 0 aliphatic heterocycles. The minimum Gasteiger partial charge on any atom is -0.399 e. The molecule has 0 radical (unpaired) electrons. The first kappa shape index (κ1) is 3.49. The molecule has 0 unspecified atom stereocenters. The van der Waals surface area contributed by atoms with Gasteiger partial charge in [-0.2, -0.15) is 0 Å². The van der Waals surface area contributed by atoms with Gasteiger partial charge < -0.3 is 17.2 Å². The molecule has 0 spiro atoms. The van der Waals surface area contributed by atoms with Crippen LogP contribution in [0, 0.1) is 0 Å². The van der Waals surface area contributed by atoms with Crippen molar-refractivity contribution in [3.05, 3.63) is 11.4 Å². The molecule has 3 heteroatoms. The Morgan fingerprint density at radius 3 is 1.33 bits per heavy atom. The maximum Gasteiger partial charge on any atom is 0.0881 e. The van der Waals surface area contributed by atoms with Crippen LogP contribution >= 0.6 is 0 Å². The lowest BCUT2D eigenvalue weighted by Gasteiger charge is -1.75. The van der Waals surface area contributed by atoms with Crippen molar-refractivity contribution < 1.29 is 0 Å². The van der Waals surface area contributed by atoms with Gasteiger partial charge >= 0.3 is 0 Å². The number of hydrogen-bond donors (Lipinski definition) is 3. The van der Waals surface area contributed by atoms with Gasteiger partial charge in [-0.1, -0.05) is 0 Å². The van der Waals surface area contributed by atoms with Crippen LogP contribution in [-0.2, 0) is 0 Å². The molecule has 6 heavy (non-hydrogen) atoms. The molecule has 1 aliphatic carbocycles. The van der Waals surface area contributed by atoms with Gasteiger partial charge in [0.2, 0.25) is 0 Å². The van der Waals surface area contributed by atoms with Crippen molar-refractivity contribution in [2.24, 2.45) is 17.2 Å². The van der Waals surface area contributed by atoms with E-state index in [1.165, 1.54) is 0 Å². The number of hydrogen-bond acceptors (Lipinski definition) is 3. The van der Waals surface area contributed by atoms with Crippen LogP contribution in [0.2, 0.25) is 0 Å². The smallest absolute Gasteiger partial charge is 0.0881 e. The van der Waals surface area contributed by atoms with Gasteiger partial charge in [-0.3, -0.25) is 0 Å². The van der Waals surface area contributed by atoms with Gasteiger partial charge in [-0.05, 0) is 0 Å². The van der Waals surface area contributed by atoms with Crippen LogP contribution in [0.3, 0.4) is 0 Å². The fourth-order valence-corrected chi connectivity index (χ4v) is 0.276. The zero-order valence-electron chi connectivity index (χ0n) is 3.31. The van der Waals surface area contributed by atoms with Crippen molar-refractivity contribution >= 4 is 0 Å². The van der Waals surface area contributed by atoms with E-state index in [1.807, 2.05) is 0 Å². The molecule has 1 aliphatic rings. The first-order valence-corrected chi connectivity index (χ1v) is 1.74. The Kier molecular flexibility index (Phi) is 0.395. The topological polar surface area (TPSA) is 78.1 Å². The predicted octanol–water partition coefficient (Wildman–Crippen LogP) is -1.54. The minimum absolute atomic E-state index is 0.0926. The van der Waals surface area contributed by atoms with Crippen molar-refractivity contribution in [3.63, 3.8) is 0 Å². The summed E-state index contributed by atoms with van der Waals surface area (Å²) < 4.78 is 0. The van der Waals surface area contributed by atoms with E-state index < -0.39 is 0 Å². The third kappa shape index (κ3) is 0.202. The molecule has 0 bridgehead atoms. The molecule has 0 heterocycles.